The van der Waals surface area contributed by atoms with Crippen LogP contribution >= 0.6 is 11.3 Å². The topological polar surface area (TPSA) is 71.2 Å². The number of aromatic amines is 1. The minimum Gasteiger partial charge on any atom is -0.465 e. The molecule has 4 rings (SSSR count). The number of carbonyl (C=O) groups is 2. The molecule has 0 spiro atoms. The molecule has 0 bridgehead atoms. The van der Waals surface area contributed by atoms with Crippen molar-refractivity contribution < 1.29 is 14.3 Å². The molecule has 6 heteroatoms. The van der Waals surface area contributed by atoms with Crippen molar-refractivity contribution in [1.82, 2.24) is 4.98 Å². The molecule has 26 heavy (non-hydrogen) atoms. The number of fused-ring (bicyclic) bond motifs is 1. The van der Waals surface area contributed by atoms with Crippen LogP contribution in [0.25, 0.3) is 10.6 Å². The molecule has 3 aromatic rings. The molecule has 0 fully saturated rings. The number of hydrogen-bond donors (Lipinski definition) is 2. The highest BCUT2D eigenvalue weighted by Gasteiger charge is 2.38. The van der Waals surface area contributed by atoms with Crippen LogP contribution in [0.5, 0.6) is 0 Å². The first kappa shape index (κ1) is 16.6. The summed E-state index contributed by atoms with van der Waals surface area (Å²) in [4.78, 5) is 29.7. The van der Waals surface area contributed by atoms with E-state index < -0.39 is 11.9 Å². The second-order valence-corrected chi connectivity index (χ2v) is 7.34. The van der Waals surface area contributed by atoms with E-state index in [-0.39, 0.29) is 5.91 Å². The number of esters is 1. The van der Waals surface area contributed by atoms with Gasteiger partial charge in [-0.15, -0.1) is 11.3 Å². The van der Waals surface area contributed by atoms with Crippen LogP contribution in [0.4, 0.5) is 5.69 Å². The molecule has 1 aromatic carbocycles. The largest absolute Gasteiger partial charge is 0.465 e. The van der Waals surface area contributed by atoms with E-state index in [1.807, 2.05) is 49.6 Å². The Morgan fingerprint density at radius 1 is 1.23 bits per heavy atom. The number of ether oxygens (including phenoxy) is 1. The van der Waals surface area contributed by atoms with E-state index in [1.54, 1.807) is 11.3 Å². The van der Waals surface area contributed by atoms with Gasteiger partial charge in [-0.2, -0.15) is 0 Å². The van der Waals surface area contributed by atoms with Crippen molar-refractivity contribution >= 4 is 28.9 Å². The Bertz CT molecular complexity index is 1020. The number of rotatable bonds is 3. The molecule has 0 unspecified atom stereocenters. The molecule has 5 nitrogen and oxygen atoms in total. The molecule has 2 aromatic heterocycles. The molecular weight excluding hydrogens is 348 g/mol. The van der Waals surface area contributed by atoms with Crippen molar-refractivity contribution in [3.63, 3.8) is 0 Å². The van der Waals surface area contributed by atoms with Crippen molar-refractivity contribution in [3.05, 3.63) is 63.7 Å². The third-order valence-electron chi connectivity index (χ3n) is 4.71. The summed E-state index contributed by atoms with van der Waals surface area (Å²) in [6.07, 6.45) is 0. The van der Waals surface area contributed by atoms with Crippen LogP contribution in [0.3, 0.4) is 0 Å². The molecule has 132 valence electrons. The summed E-state index contributed by atoms with van der Waals surface area (Å²) in [5, 5.41) is 4.91. The number of amides is 1. The zero-order valence-electron chi connectivity index (χ0n) is 14.7. The van der Waals surface area contributed by atoms with Gasteiger partial charge in [0.25, 0.3) is 0 Å². The molecule has 3 heterocycles. The van der Waals surface area contributed by atoms with Crippen LogP contribution in [0.2, 0.25) is 0 Å². The lowest BCUT2D eigenvalue weighted by atomic mass is 9.88. The predicted octanol–water partition coefficient (Wildman–Crippen LogP) is 4.23. The number of anilines is 1. The standard InChI is InChI=1S/C20H18N2O3S/c1-10-6-7-13-12(9-10)16(19(23)22-13)17-15(20(24)25-3)11(2)21-18(17)14-5-4-8-26-14/h4-9,16,21H,1-3H3,(H,22,23)/t16-/m1/s1. The SMILES string of the molecule is COC(=O)c1c(C)[nH]c(-c2cccs2)c1[C@@H]1C(=O)Nc2ccc(C)cc21. The van der Waals surface area contributed by atoms with Gasteiger partial charge < -0.3 is 15.0 Å². The maximum absolute atomic E-state index is 12.9. The average Bonchev–Trinajstić information content (AvgIpc) is 3.31. The number of aromatic nitrogens is 1. The number of benzene rings is 1. The lowest BCUT2D eigenvalue weighted by Gasteiger charge is -2.13. The van der Waals surface area contributed by atoms with Crippen LogP contribution in [0.15, 0.2) is 35.7 Å². The first-order chi connectivity index (χ1) is 12.5. The number of methoxy groups -OCH3 is 1. The lowest BCUT2D eigenvalue weighted by molar-refractivity contribution is -0.116. The predicted molar refractivity (Wildman–Crippen MR) is 102 cm³/mol. The Morgan fingerprint density at radius 2 is 2.04 bits per heavy atom. The van der Waals surface area contributed by atoms with Gasteiger partial charge in [0, 0.05) is 16.9 Å². The Balaban J connectivity index is 2.01. The maximum atomic E-state index is 12.9. The number of H-pyrrole nitrogens is 1. The number of thiophene rings is 1. The van der Waals surface area contributed by atoms with E-state index in [0.717, 1.165) is 27.4 Å². The fraction of sp³-hybridized carbons (Fsp3) is 0.200. The van der Waals surface area contributed by atoms with Crippen LogP contribution in [-0.4, -0.2) is 24.0 Å². The Labute approximate surface area is 155 Å². The van der Waals surface area contributed by atoms with E-state index in [2.05, 4.69) is 10.3 Å². The van der Waals surface area contributed by atoms with Crippen molar-refractivity contribution in [2.24, 2.45) is 0 Å². The number of carbonyl (C=O) groups excluding carboxylic acids is 2. The van der Waals surface area contributed by atoms with E-state index in [1.165, 1.54) is 7.11 Å². The quantitative estimate of drug-likeness (QED) is 0.682. The van der Waals surface area contributed by atoms with E-state index in [4.69, 9.17) is 4.74 Å². The fourth-order valence-electron chi connectivity index (χ4n) is 3.58. The van der Waals surface area contributed by atoms with Crippen LogP contribution in [0.1, 0.15) is 38.7 Å². The molecular formula is C20H18N2O3S. The molecule has 0 radical (unpaired) electrons. The monoisotopic (exact) mass is 366 g/mol. The van der Waals surface area contributed by atoms with Gasteiger partial charge >= 0.3 is 5.97 Å². The van der Waals surface area contributed by atoms with Crippen LogP contribution in [-0.2, 0) is 9.53 Å². The van der Waals surface area contributed by atoms with Gasteiger partial charge in [-0.1, -0.05) is 23.8 Å². The van der Waals surface area contributed by atoms with Gasteiger partial charge in [-0.25, -0.2) is 4.79 Å². The highest BCUT2D eigenvalue weighted by molar-refractivity contribution is 7.13. The lowest BCUT2D eigenvalue weighted by Crippen LogP contribution is -2.17. The average molecular weight is 366 g/mol. The first-order valence-electron chi connectivity index (χ1n) is 8.27. The van der Waals surface area contributed by atoms with Gasteiger partial charge in [0.15, 0.2) is 0 Å². The summed E-state index contributed by atoms with van der Waals surface area (Å²) < 4.78 is 5.01. The fourth-order valence-corrected chi connectivity index (χ4v) is 4.32. The van der Waals surface area contributed by atoms with Gasteiger partial charge in [0.2, 0.25) is 5.91 Å². The molecule has 1 aliphatic rings. The van der Waals surface area contributed by atoms with E-state index >= 15 is 0 Å². The highest BCUT2D eigenvalue weighted by Crippen LogP contribution is 2.44. The molecule has 1 amide bonds. The molecule has 1 aliphatic heterocycles. The Hall–Kier alpha value is -2.86. The molecule has 0 saturated carbocycles. The maximum Gasteiger partial charge on any atom is 0.340 e. The summed E-state index contributed by atoms with van der Waals surface area (Å²) >= 11 is 1.56. The summed E-state index contributed by atoms with van der Waals surface area (Å²) in [5.74, 6) is -1.13. The zero-order valence-corrected chi connectivity index (χ0v) is 15.5. The molecule has 0 aliphatic carbocycles. The number of nitrogens with one attached hydrogen (secondary N) is 2. The van der Waals surface area contributed by atoms with Gasteiger partial charge in [-0.05, 0) is 36.9 Å². The minimum atomic E-state index is -0.555. The highest BCUT2D eigenvalue weighted by atomic mass is 32.1. The van der Waals surface area contributed by atoms with Gasteiger partial charge in [-0.3, -0.25) is 4.79 Å². The molecule has 1 atom stereocenters. The third kappa shape index (κ3) is 2.45. The zero-order chi connectivity index (χ0) is 18.4. The summed E-state index contributed by atoms with van der Waals surface area (Å²) in [5.41, 5.74) is 5.35. The first-order valence-corrected chi connectivity index (χ1v) is 9.15. The van der Waals surface area contributed by atoms with Gasteiger partial charge in [0.1, 0.15) is 0 Å². The second-order valence-electron chi connectivity index (χ2n) is 6.40. The van der Waals surface area contributed by atoms with E-state index in [0.29, 0.717) is 16.8 Å². The number of aryl methyl sites for hydroxylation is 2. The third-order valence-corrected chi connectivity index (χ3v) is 5.60. The van der Waals surface area contributed by atoms with Crippen molar-refractivity contribution in [1.29, 1.82) is 0 Å². The van der Waals surface area contributed by atoms with Crippen LogP contribution in [0, 0.1) is 13.8 Å². The molecule has 2 N–H and O–H groups in total. The second kappa shape index (κ2) is 6.14. The number of hydrogen-bond acceptors (Lipinski definition) is 4. The minimum absolute atomic E-state index is 0.132. The van der Waals surface area contributed by atoms with Crippen molar-refractivity contribution in [3.8, 4) is 10.6 Å². The van der Waals surface area contributed by atoms with Crippen LogP contribution < -0.4 is 5.32 Å². The Morgan fingerprint density at radius 3 is 2.73 bits per heavy atom. The summed E-state index contributed by atoms with van der Waals surface area (Å²) in [6.45, 7) is 3.82. The summed E-state index contributed by atoms with van der Waals surface area (Å²) in [6, 6.07) is 9.80. The van der Waals surface area contributed by atoms with E-state index in [9.17, 15) is 9.59 Å². The van der Waals surface area contributed by atoms with Gasteiger partial charge in [0.05, 0.1) is 29.2 Å². The Kier molecular flexibility index (Phi) is 3.92. The molecule has 0 saturated heterocycles. The summed E-state index contributed by atoms with van der Waals surface area (Å²) in [7, 11) is 1.36. The van der Waals surface area contributed by atoms with Crippen molar-refractivity contribution in [2.45, 2.75) is 19.8 Å². The van der Waals surface area contributed by atoms with Crippen molar-refractivity contribution in [2.75, 3.05) is 12.4 Å². The normalized spacial score (nSPS) is 15.7. The smallest absolute Gasteiger partial charge is 0.340 e.